The minimum atomic E-state index is -0.0833. The molecule has 1 aromatic rings. The summed E-state index contributed by atoms with van der Waals surface area (Å²) in [4.78, 5) is 9.76. The number of rotatable bonds is 4. The zero-order valence-corrected chi connectivity index (χ0v) is 10.7. The maximum atomic E-state index is 9.76. The predicted octanol–water partition coefficient (Wildman–Crippen LogP) is 1.34. The lowest BCUT2D eigenvalue weighted by Gasteiger charge is -2.07. The molecule has 100 valence electrons. The zero-order chi connectivity index (χ0) is 13.2. The lowest BCUT2D eigenvalue weighted by atomic mass is 10.0. The predicted molar refractivity (Wildman–Crippen MR) is 70.0 cm³/mol. The normalized spacial score (nSPS) is 21.9. The summed E-state index contributed by atoms with van der Waals surface area (Å²) in [5.41, 5.74) is 1.01. The Labute approximate surface area is 108 Å². The van der Waals surface area contributed by atoms with E-state index in [1.54, 1.807) is 0 Å². The summed E-state index contributed by atoms with van der Waals surface area (Å²) < 4.78 is 4.54. The first-order chi connectivity index (χ1) is 8.77. The van der Waals surface area contributed by atoms with Gasteiger partial charge in [-0.25, -0.2) is 0 Å². The van der Waals surface area contributed by atoms with Crippen LogP contribution in [0.15, 0.2) is 30.3 Å². The summed E-state index contributed by atoms with van der Waals surface area (Å²) in [7, 11) is 0. The fraction of sp³-hybridized carbons (Fsp3) is 0.500. The van der Waals surface area contributed by atoms with E-state index in [9.17, 15) is 4.79 Å². The molecule has 0 spiro atoms. The Morgan fingerprint density at radius 2 is 2.11 bits per heavy atom. The first kappa shape index (κ1) is 14.7. The molecular weight excluding hydrogens is 230 g/mol. The molecule has 0 saturated carbocycles. The van der Waals surface area contributed by atoms with E-state index in [-0.39, 0.29) is 6.10 Å². The van der Waals surface area contributed by atoms with Crippen molar-refractivity contribution >= 4 is 6.47 Å². The van der Waals surface area contributed by atoms with Gasteiger partial charge >= 0.3 is 0 Å². The lowest BCUT2D eigenvalue weighted by molar-refractivity contribution is -0.129. The van der Waals surface area contributed by atoms with Crippen LogP contribution in [0.4, 0.5) is 0 Å². The molecule has 1 aliphatic rings. The molecule has 2 unspecified atom stereocenters. The summed E-state index contributed by atoms with van der Waals surface area (Å²) in [6.07, 6.45) is 1.01. The second kappa shape index (κ2) is 8.66. The summed E-state index contributed by atoms with van der Waals surface area (Å²) in [5, 5.41) is 12.2. The van der Waals surface area contributed by atoms with Gasteiger partial charge in [-0.15, -0.1) is 0 Å². The van der Waals surface area contributed by atoms with E-state index in [2.05, 4.69) is 17.0 Å². The fourth-order valence-corrected chi connectivity index (χ4v) is 1.84. The molecule has 0 radical (unpaired) electrons. The second-order valence-electron chi connectivity index (χ2n) is 4.29. The van der Waals surface area contributed by atoms with Crippen LogP contribution >= 0.6 is 0 Å². The van der Waals surface area contributed by atoms with E-state index in [4.69, 9.17) is 5.11 Å². The number of hydrogen-bond donors (Lipinski definition) is 2. The van der Waals surface area contributed by atoms with Crippen molar-refractivity contribution in [2.24, 2.45) is 5.92 Å². The van der Waals surface area contributed by atoms with Gasteiger partial charge in [-0.3, -0.25) is 4.79 Å². The number of aliphatic hydroxyl groups excluding tert-OH is 1. The summed E-state index contributed by atoms with van der Waals surface area (Å²) in [6, 6.07) is 9.55. The Hall–Kier alpha value is -1.39. The minimum Gasteiger partial charge on any atom is -0.463 e. The first-order valence-corrected chi connectivity index (χ1v) is 6.25. The maximum absolute atomic E-state index is 9.76. The molecule has 18 heavy (non-hydrogen) atoms. The topological polar surface area (TPSA) is 58.6 Å². The molecule has 2 atom stereocenters. The summed E-state index contributed by atoms with van der Waals surface area (Å²) in [6.45, 7) is 4.72. The number of carbonyl (C=O) groups is 1. The highest BCUT2D eigenvalue weighted by Gasteiger charge is 2.22. The monoisotopic (exact) mass is 251 g/mol. The largest absolute Gasteiger partial charge is 0.463 e. The Bertz CT molecular complexity index is 329. The standard InChI is InChI=1S/C8H8O2.C6H13NO/c9-7-10-6-8-4-2-1-3-5-8;1-2-5-3-7-4-6(5)8/h1-5,7H,6H2;5-8H,2-4H2,1H3. The van der Waals surface area contributed by atoms with Gasteiger partial charge in [0.25, 0.3) is 6.47 Å². The van der Waals surface area contributed by atoms with Crippen molar-refractivity contribution in [2.45, 2.75) is 26.1 Å². The SMILES string of the molecule is CCC1CNCC1O.O=COCc1ccccc1. The number of nitrogens with one attached hydrogen (secondary N) is 1. The van der Waals surface area contributed by atoms with Gasteiger partial charge in [-0.1, -0.05) is 37.3 Å². The van der Waals surface area contributed by atoms with Crippen LogP contribution in [-0.4, -0.2) is 30.8 Å². The Morgan fingerprint density at radius 3 is 2.56 bits per heavy atom. The highest BCUT2D eigenvalue weighted by atomic mass is 16.5. The van der Waals surface area contributed by atoms with Gasteiger partial charge in [0.15, 0.2) is 0 Å². The van der Waals surface area contributed by atoms with Crippen LogP contribution in [0.25, 0.3) is 0 Å². The smallest absolute Gasteiger partial charge is 0.293 e. The zero-order valence-electron chi connectivity index (χ0n) is 10.7. The molecule has 2 N–H and O–H groups in total. The fourth-order valence-electron chi connectivity index (χ4n) is 1.84. The molecule has 4 nitrogen and oxygen atoms in total. The molecule has 0 aromatic heterocycles. The maximum Gasteiger partial charge on any atom is 0.293 e. The number of β-amino-alcohol motifs (C(OH)–C–C–N with tert-alkyl or cyclic N) is 1. The Morgan fingerprint density at radius 1 is 1.39 bits per heavy atom. The van der Waals surface area contributed by atoms with Crippen molar-refractivity contribution in [1.82, 2.24) is 5.32 Å². The molecule has 4 heteroatoms. The number of carbonyl (C=O) groups excluding carboxylic acids is 1. The summed E-state index contributed by atoms with van der Waals surface area (Å²) in [5.74, 6) is 0.509. The quantitative estimate of drug-likeness (QED) is 0.793. The van der Waals surface area contributed by atoms with Gasteiger partial charge in [0, 0.05) is 13.1 Å². The van der Waals surface area contributed by atoms with E-state index in [1.807, 2.05) is 30.3 Å². The van der Waals surface area contributed by atoms with Crippen LogP contribution in [0.1, 0.15) is 18.9 Å². The van der Waals surface area contributed by atoms with Crippen LogP contribution in [-0.2, 0) is 16.1 Å². The van der Waals surface area contributed by atoms with Crippen LogP contribution < -0.4 is 5.32 Å². The molecule has 1 saturated heterocycles. The summed E-state index contributed by atoms with van der Waals surface area (Å²) >= 11 is 0. The van der Waals surface area contributed by atoms with Crippen molar-refractivity contribution in [3.63, 3.8) is 0 Å². The molecule has 1 fully saturated rings. The molecule has 1 aliphatic heterocycles. The van der Waals surface area contributed by atoms with Gasteiger partial charge in [-0.2, -0.15) is 0 Å². The average molecular weight is 251 g/mol. The number of benzene rings is 1. The van der Waals surface area contributed by atoms with Crippen LogP contribution in [0, 0.1) is 5.92 Å². The van der Waals surface area contributed by atoms with E-state index < -0.39 is 0 Å². The van der Waals surface area contributed by atoms with Crippen LogP contribution in [0.3, 0.4) is 0 Å². The Balaban J connectivity index is 0.000000184. The average Bonchev–Trinajstić information content (AvgIpc) is 2.84. The molecule has 2 rings (SSSR count). The highest BCUT2D eigenvalue weighted by molar-refractivity contribution is 5.37. The lowest BCUT2D eigenvalue weighted by Crippen LogP contribution is -2.16. The second-order valence-corrected chi connectivity index (χ2v) is 4.29. The highest BCUT2D eigenvalue weighted by Crippen LogP contribution is 2.11. The van der Waals surface area contributed by atoms with Crippen molar-refractivity contribution in [1.29, 1.82) is 0 Å². The van der Waals surface area contributed by atoms with Gasteiger partial charge in [-0.05, 0) is 17.9 Å². The van der Waals surface area contributed by atoms with Crippen molar-refractivity contribution in [3.05, 3.63) is 35.9 Å². The molecule has 0 amide bonds. The van der Waals surface area contributed by atoms with Crippen LogP contribution in [0.5, 0.6) is 0 Å². The van der Waals surface area contributed by atoms with Gasteiger partial charge in [0.05, 0.1) is 6.10 Å². The van der Waals surface area contributed by atoms with E-state index in [1.165, 1.54) is 0 Å². The Kier molecular flexibility index (Phi) is 7.06. The third kappa shape index (κ3) is 5.29. The van der Waals surface area contributed by atoms with Crippen molar-refractivity contribution in [3.8, 4) is 0 Å². The number of hydrogen-bond acceptors (Lipinski definition) is 4. The molecule has 0 bridgehead atoms. The van der Waals surface area contributed by atoms with Crippen molar-refractivity contribution < 1.29 is 14.6 Å². The van der Waals surface area contributed by atoms with Crippen molar-refractivity contribution in [2.75, 3.05) is 13.1 Å². The van der Waals surface area contributed by atoms with Gasteiger partial charge in [0.2, 0.25) is 0 Å². The van der Waals surface area contributed by atoms with Crippen LogP contribution in [0.2, 0.25) is 0 Å². The third-order valence-electron chi connectivity index (χ3n) is 2.99. The van der Waals surface area contributed by atoms with E-state index in [0.29, 0.717) is 19.0 Å². The first-order valence-electron chi connectivity index (χ1n) is 6.25. The van der Waals surface area contributed by atoms with E-state index >= 15 is 0 Å². The number of aliphatic hydroxyl groups is 1. The van der Waals surface area contributed by atoms with E-state index in [0.717, 1.165) is 25.1 Å². The van der Waals surface area contributed by atoms with Gasteiger partial charge < -0.3 is 15.2 Å². The van der Waals surface area contributed by atoms with Gasteiger partial charge in [0.1, 0.15) is 6.61 Å². The number of ether oxygens (including phenoxy) is 1. The molecular formula is C14H21NO3. The molecule has 1 heterocycles. The third-order valence-corrected chi connectivity index (χ3v) is 2.99. The molecule has 0 aliphatic carbocycles. The molecule has 1 aromatic carbocycles. The minimum absolute atomic E-state index is 0.0833.